The van der Waals surface area contributed by atoms with E-state index in [-0.39, 0.29) is 30.5 Å². The predicted molar refractivity (Wildman–Crippen MR) is 124 cm³/mol. The van der Waals surface area contributed by atoms with E-state index in [1.54, 1.807) is 25.3 Å². The Balaban J connectivity index is 1.94. The van der Waals surface area contributed by atoms with Crippen LogP contribution < -0.4 is 19.5 Å². The lowest BCUT2D eigenvalue weighted by Crippen LogP contribution is -2.36. The van der Waals surface area contributed by atoms with Crippen molar-refractivity contribution < 1.29 is 32.9 Å². The largest absolute Gasteiger partial charge is 0.493 e. The summed E-state index contributed by atoms with van der Waals surface area (Å²) in [4.78, 5) is 27.8. The fourth-order valence-electron chi connectivity index (χ4n) is 4.25. The van der Waals surface area contributed by atoms with Crippen molar-refractivity contribution >= 4 is 11.8 Å². The summed E-state index contributed by atoms with van der Waals surface area (Å²) in [5.74, 6) is -0.780. The summed E-state index contributed by atoms with van der Waals surface area (Å²) in [6.07, 6.45) is 0.668. The number of nitrogens with zero attached hydrogens (tertiary/aromatic N) is 1. The Bertz CT molecular complexity index is 990. The van der Waals surface area contributed by atoms with Gasteiger partial charge in [0.25, 0.3) is 5.91 Å². The third-order valence-electron chi connectivity index (χ3n) is 5.99. The van der Waals surface area contributed by atoms with E-state index < -0.39 is 17.6 Å². The number of carbonyl (C=O) groups excluding carboxylic acids is 2. The zero-order chi connectivity index (χ0) is 24.7. The van der Waals surface area contributed by atoms with Crippen molar-refractivity contribution in [1.29, 1.82) is 0 Å². The second-order valence-electron chi connectivity index (χ2n) is 8.00. The minimum atomic E-state index is -0.593. The third kappa shape index (κ3) is 5.41. The van der Waals surface area contributed by atoms with E-state index in [4.69, 9.17) is 18.9 Å². The number of hydrogen-bond acceptors (Lipinski definition) is 6. The minimum Gasteiger partial charge on any atom is -0.493 e. The molecule has 184 valence electrons. The zero-order valence-electron chi connectivity index (χ0n) is 19.9. The van der Waals surface area contributed by atoms with Crippen LogP contribution in [0.4, 0.5) is 4.39 Å². The van der Waals surface area contributed by atoms with E-state index in [1.807, 2.05) is 0 Å². The molecule has 1 aliphatic rings. The molecular formula is C25H31FN2O6. The van der Waals surface area contributed by atoms with Gasteiger partial charge in [-0.05, 0) is 36.2 Å². The molecule has 34 heavy (non-hydrogen) atoms. The SMILES string of the molecule is COCCCNC(=O)C1CN(C(=O)c2ccccc2F)CC1c1cc(OC)c(OC)c(OC)c1. The predicted octanol–water partition coefficient (Wildman–Crippen LogP) is 2.86. The van der Waals surface area contributed by atoms with Crippen LogP contribution in [0.5, 0.6) is 17.2 Å². The Kier molecular flexibility index (Phi) is 8.70. The first-order chi connectivity index (χ1) is 16.4. The van der Waals surface area contributed by atoms with Crippen LogP contribution >= 0.6 is 0 Å². The molecule has 1 N–H and O–H groups in total. The molecule has 2 aromatic rings. The number of nitrogens with one attached hydrogen (secondary N) is 1. The highest BCUT2D eigenvalue weighted by Gasteiger charge is 2.41. The van der Waals surface area contributed by atoms with E-state index in [9.17, 15) is 14.0 Å². The maximum Gasteiger partial charge on any atom is 0.256 e. The molecule has 1 aliphatic heterocycles. The van der Waals surface area contributed by atoms with Crippen LogP contribution in [0.2, 0.25) is 0 Å². The average molecular weight is 475 g/mol. The summed E-state index contributed by atoms with van der Waals surface area (Å²) >= 11 is 0. The van der Waals surface area contributed by atoms with Gasteiger partial charge in [-0.1, -0.05) is 12.1 Å². The van der Waals surface area contributed by atoms with Crippen molar-refractivity contribution in [3.05, 3.63) is 53.3 Å². The first-order valence-corrected chi connectivity index (χ1v) is 11.1. The van der Waals surface area contributed by atoms with Gasteiger partial charge in [0.1, 0.15) is 5.82 Å². The molecule has 1 fully saturated rings. The number of benzene rings is 2. The van der Waals surface area contributed by atoms with Crippen molar-refractivity contribution in [3.63, 3.8) is 0 Å². The molecule has 0 bridgehead atoms. The lowest BCUT2D eigenvalue weighted by Gasteiger charge is -2.21. The highest BCUT2D eigenvalue weighted by atomic mass is 19.1. The Hall–Kier alpha value is -3.33. The molecule has 2 unspecified atom stereocenters. The van der Waals surface area contributed by atoms with Gasteiger partial charge < -0.3 is 29.2 Å². The van der Waals surface area contributed by atoms with E-state index in [2.05, 4.69) is 5.32 Å². The first-order valence-electron chi connectivity index (χ1n) is 11.1. The molecule has 9 heteroatoms. The van der Waals surface area contributed by atoms with Crippen LogP contribution in [0.1, 0.15) is 28.3 Å². The summed E-state index contributed by atoms with van der Waals surface area (Å²) in [7, 11) is 6.15. The molecule has 0 spiro atoms. The van der Waals surface area contributed by atoms with Gasteiger partial charge in [0.05, 0.1) is 32.8 Å². The summed E-state index contributed by atoms with van der Waals surface area (Å²) in [5, 5.41) is 2.93. The maximum absolute atomic E-state index is 14.3. The fourth-order valence-corrected chi connectivity index (χ4v) is 4.25. The van der Waals surface area contributed by atoms with Crippen LogP contribution in [-0.4, -0.2) is 71.4 Å². The Morgan fingerprint density at radius 2 is 1.71 bits per heavy atom. The number of ether oxygens (including phenoxy) is 4. The molecule has 1 saturated heterocycles. The van der Waals surface area contributed by atoms with Crippen molar-refractivity contribution in [2.24, 2.45) is 5.92 Å². The van der Waals surface area contributed by atoms with E-state index >= 15 is 0 Å². The van der Waals surface area contributed by atoms with Gasteiger partial charge in [-0.2, -0.15) is 0 Å². The fraction of sp³-hybridized carbons (Fsp3) is 0.440. The zero-order valence-corrected chi connectivity index (χ0v) is 19.9. The molecular weight excluding hydrogens is 443 g/mol. The summed E-state index contributed by atoms with van der Waals surface area (Å²) < 4.78 is 35.7. The van der Waals surface area contributed by atoms with Crippen molar-refractivity contribution in [2.45, 2.75) is 12.3 Å². The molecule has 0 aliphatic carbocycles. The van der Waals surface area contributed by atoms with Gasteiger partial charge in [-0.15, -0.1) is 0 Å². The van der Waals surface area contributed by atoms with E-state index in [0.717, 1.165) is 5.56 Å². The molecule has 2 atom stereocenters. The number of likely N-dealkylation sites (tertiary alicyclic amines) is 1. The first kappa shape index (κ1) is 25.3. The average Bonchev–Trinajstić information content (AvgIpc) is 3.31. The smallest absolute Gasteiger partial charge is 0.256 e. The van der Waals surface area contributed by atoms with Crippen LogP contribution in [0, 0.1) is 11.7 Å². The van der Waals surface area contributed by atoms with E-state index in [1.165, 1.54) is 44.4 Å². The monoisotopic (exact) mass is 474 g/mol. The van der Waals surface area contributed by atoms with Gasteiger partial charge >= 0.3 is 0 Å². The number of halogens is 1. The number of methoxy groups -OCH3 is 4. The molecule has 1 heterocycles. The summed E-state index contributed by atoms with van der Waals surface area (Å²) in [5.41, 5.74) is 0.739. The van der Waals surface area contributed by atoms with Crippen LogP contribution in [0.15, 0.2) is 36.4 Å². The van der Waals surface area contributed by atoms with Crippen molar-refractivity contribution in [2.75, 3.05) is 54.7 Å². The van der Waals surface area contributed by atoms with Crippen LogP contribution in [-0.2, 0) is 9.53 Å². The highest BCUT2D eigenvalue weighted by molar-refractivity contribution is 5.95. The van der Waals surface area contributed by atoms with E-state index in [0.29, 0.717) is 36.8 Å². The Morgan fingerprint density at radius 1 is 1.03 bits per heavy atom. The van der Waals surface area contributed by atoms with Crippen molar-refractivity contribution in [1.82, 2.24) is 10.2 Å². The lowest BCUT2D eigenvalue weighted by molar-refractivity contribution is -0.125. The molecule has 3 rings (SSSR count). The topological polar surface area (TPSA) is 86.3 Å². The lowest BCUT2D eigenvalue weighted by atomic mass is 9.88. The van der Waals surface area contributed by atoms with Gasteiger partial charge in [-0.3, -0.25) is 9.59 Å². The Morgan fingerprint density at radius 3 is 2.29 bits per heavy atom. The minimum absolute atomic E-state index is 0.0210. The standard InChI is InChI=1S/C25H31FN2O6/c1-31-11-7-10-27-24(29)19-15-28(25(30)17-8-5-6-9-20(17)26)14-18(19)16-12-21(32-2)23(34-4)22(13-16)33-3/h5-6,8-9,12-13,18-19H,7,10-11,14-15H2,1-4H3,(H,27,29). The quantitative estimate of drug-likeness (QED) is 0.533. The number of amides is 2. The number of carbonyl (C=O) groups is 2. The molecule has 0 radical (unpaired) electrons. The number of hydrogen-bond donors (Lipinski definition) is 1. The normalized spacial score (nSPS) is 17.4. The molecule has 0 aromatic heterocycles. The molecule has 0 saturated carbocycles. The van der Waals surface area contributed by atoms with Crippen molar-refractivity contribution in [3.8, 4) is 17.2 Å². The highest BCUT2D eigenvalue weighted by Crippen LogP contribution is 2.43. The van der Waals surface area contributed by atoms with Gasteiger partial charge in [0, 0.05) is 39.3 Å². The molecule has 8 nitrogen and oxygen atoms in total. The molecule has 2 aromatic carbocycles. The maximum atomic E-state index is 14.3. The summed E-state index contributed by atoms with van der Waals surface area (Å²) in [6.45, 7) is 1.37. The second kappa shape index (κ2) is 11.7. The summed E-state index contributed by atoms with van der Waals surface area (Å²) in [6, 6.07) is 9.42. The van der Waals surface area contributed by atoms with Gasteiger partial charge in [-0.25, -0.2) is 4.39 Å². The van der Waals surface area contributed by atoms with Gasteiger partial charge in [0.2, 0.25) is 11.7 Å². The van der Waals surface area contributed by atoms with Gasteiger partial charge in [0.15, 0.2) is 11.5 Å². The van der Waals surface area contributed by atoms with Crippen LogP contribution in [0.3, 0.4) is 0 Å². The molecule has 2 amide bonds. The number of rotatable bonds is 10. The third-order valence-corrected chi connectivity index (χ3v) is 5.99. The van der Waals surface area contributed by atoms with Crippen LogP contribution in [0.25, 0.3) is 0 Å². The second-order valence-corrected chi connectivity index (χ2v) is 8.00. The Labute approximate surface area is 198 Å².